The molecule has 0 saturated heterocycles. The van der Waals surface area contributed by atoms with E-state index in [-0.39, 0.29) is 6.42 Å². The molecule has 1 N–H and O–H groups in total. The Morgan fingerprint density at radius 3 is 2.38 bits per heavy atom. The zero-order valence-electron chi connectivity index (χ0n) is 16.7. The van der Waals surface area contributed by atoms with Crippen LogP contribution in [-0.4, -0.2) is 10.9 Å². The van der Waals surface area contributed by atoms with E-state index in [2.05, 4.69) is 10.3 Å². The molecule has 4 rings (SSSR count). The molecule has 0 saturated carbocycles. The Balaban J connectivity index is 1.69. The van der Waals surface area contributed by atoms with Crippen LogP contribution in [0.25, 0.3) is 10.9 Å². The van der Waals surface area contributed by atoms with Crippen molar-refractivity contribution in [1.82, 2.24) is 4.98 Å². The summed E-state index contributed by atoms with van der Waals surface area (Å²) in [4.78, 5) is 17.5. The minimum Gasteiger partial charge on any atom is -0.325 e. The molecule has 4 aromatic rings. The van der Waals surface area contributed by atoms with Crippen LogP contribution in [0.5, 0.6) is 0 Å². The van der Waals surface area contributed by atoms with Gasteiger partial charge in [-0.3, -0.25) is 9.78 Å². The fraction of sp³-hybridized carbons (Fsp3) is 0.120. The topological polar surface area (TPSA) is 42.0 Å². The first kappa shape index (κ1) is 21.5. The van der Waals surface area contributed by atoms with E-state index in [1.165, 1.54) is 24.3 Å². The number of carbonyl (C=O) groups is 1. The molecule has 1 heterocycles. The van der Waals surface area contributed by atoms with Crippen LogP contribution in [0.3, 0.4) is 0 Å². The normalized spacial score (nSPS) is 12.5. The Bertz CT molecular complexity index is 1250. The number of hydrogen-bond donors (Lipinski definition) is 1. The zero-order chi connectivity index (χ0) is 22.7. The molecular formula is C25H18F4N2O. The molecule has 162 valence electrons. The predicted molar refractivity (Wildman–Crippen MR) is 115 cm³/mol. The number of pyridine rings is 1. The van der Waals surface area contributed by atoms with Crippen LogP contribution >= 0.6 is 0 Å². The molecule has 0 spiro atoms. The van der Waals surface area contributed by atoms with Gasteiger partial charge in [0.15, 0.2) is 0 Å². The van der Waals surface area contributed by atoms with Crippen molar-refractivity contribution >= 4 is 22.5 Å². The standard InChI is InChI=1S/C25H18F4N2O/c26-21-7-2-1-5-17(21)15-20(16-10-12-18(13-11-16)25(27,28)29)24(32)31-23-9-3-8-22-19(23)6-4-14-30-22/h1-14,20H,15H2,(H,31,32). The lowest BCUT2D eigenvalue weighted by Gasteiger charge is -2.19. The summed E-state index contributed by atoms with van der Waals surface area (Å²) in [5.74, 6) is -1.84. The molecule has 0 aliphatic rings. The van der Waals surface area contributed by atoms with Gasteiger partial charge in [-0.2, -0.15) is 13.2 Å². The van der Waals surface area contributed by atoms with Crippen LogP contribution in [0.4, 0.5) is 23.2 Å². The fourth-order valence-electron chi connectivity index (χ4n) is 3.58. The number of nitrogens with one attached hydrogen (secondary N) is 1. The van der Waals surface area contributed by atoms with Crippen molar-refractivity contribution < 1.29 is 22.4 Å². The van der Waals surface area contributed by atoms with Gasteiger partial charge in [-0.15, -0.1) is 0 Å². The van der Waals surface area contributed by atoms with Crippen molar-refractivity contribution in [2.75, 3.05) is 5.32 Å². The van der Waals surface area contributed by atoms with Crippen LogP contribution in [0.1, 0.15) is 22.6 Å². The summed E-state index contributed by atoms with van der Waals surface area (Å²) in [5.41, 5.74) is 1.05. The van der Waals surface area contributed by atoms with Gasteiger partial charge in [0, 0.05) is 11.6 Å². The first-order valence-corrected chi connectivity index (χ1v) is 9.88. The van der Waals surface area contributed by atoms with Crippen LogP contribution in [0, 0.1) is 5.82 Å². The Kier molecular flexibility index (Phi) is 5.90. The van der Waals surface area contributed by atoms with Crippen molar-refractivity contribution in [3.63, 3.8) is 0 Å². The van der Waals surface area contributed by atoms with Crippen LogP contribution in [-0.2, 0) is 17.4 Å². The number of nitrogens with zero attached hydrogens (tertiary/aromatic N) is 1. The molecule has 1 aromatic heterocycles. The Morgan fingerprint density at radius 1 is 0.906 bits per heavy atom. The second-order valence-corrected chi connectivity index (χ2v) is 7.33. The van der Waals surface area contributed by atoms with E-state index >= 15 is 0 Å². The number of aromatic nitrogens is 1. The van der Waals surface area contributed by atoms with Gasteiger partial charge in [-0.25, -0.2) is 4.39 Å². The van der Waals surface area contributed by atoms with Crippen molar-refractivity contribution in [3.8, 4) is 0 Å². The van der Waals surface area contributed by atoms with Crippen molar-refractivity contribution in [3.05, 3.63) is 108 Å². The minimum atomic E-state index is -4.49. The molecule has 1 amide bonds. The SMILES string of the molecule is O=C(Nc1cccc2ncccc12)C(Cc1ccccc1F)c1ccc(C(F)(F)F)cc1. The fourth-order valence-corrected chi connectivity index (χ4v) is 3.58. The highest BCUT2D eigenvalue weighted by atomic mass is 19.4. The van der Waals surface area contributed by atoms with E-state index in [0.29, 0.717) is 22.3 Å². The van der Waals surface area contributed by atoms with E-state index in [1.54, 1.807) is 42.6 Å². The second kappa shape index (κ2) is 8.78. The number of anilines is 1. The summed E-state index contributed by atoms with van der Waals surface area (Å²) >= 11 is 0. The molecule has 0 radical (unpaired) electrons. The summed E-state index contributed by atoms with van der Waals surface area (Å²) in [7, 11) is 0. The Hall–Kier alpha value is -3.74. The molecular weight excluding hydrogens is 420 g/mol. The van der Waals surface area contributed by atoms with E-state index in [4.69, 9.17) is 0 Å². The number of halogens is 4. The molecule has 1 atom stereocenters. The van der Waals surface area contributed by atoms with Gasteiger partial charge in [0.25, 0.3) is 0 Å². The summed E-state index contributed by atoms with van der Waals surface area (Å²) < 4.78 is 53.2. The molecule has 0 aliphatic carbocycles. The summed E-state index contributed by atoms with van der Waals surface area (Å²) in [6, 6.07) is 19.2. The van der Waals surface area contributed by atoms with Gasteiger partial charge in [0.1, 0.15) is 5.82 Å². The number of carbonyl (C=O) groups excluding carboxylic acids is 1. The molecule has 3 nitrogen and oxygen atoms in total. The maximum Gasteiger partial charge on any atom is 0.416 e. The molecule has 0 aliphatic heterocycles. The van der Waals surface area contributed by atoms with E-state index < -0.39 is 29.4 Å². The quantitative estimate of drug-likeness (QED) is 0.369. The van der Waals surface area contributed by atoms with Gasteiger partial charge in [0.2, 0.25) is 5.91 Å². The molecule has 0 fully saturated rings. The maximum atomic E-state index is 14.3. The van der Waals surface area contributed by atoms with Crippen molar-refractivity contribution in [1.29, 1.82) is 0 Å². The maximum absolute atomic E-state index is 14.3. The van der Waals surface area contributed by atoms with Gasteiger partial charge < -0.3 is 5.32 Å². The number of hydrogen-bond acceptors (Lipinski definition) is 2. The highest BCUT2D eigenvalue weighted by molar-refractivity contribution is 6.03. The number of fused-ring (bicyclic) bond motifs is 1. The third-order valence-corrected chi connectivity index (χ3v) is 5.24. The first-order valence-electron chi connectivity index (χ1n) is 9.88. The molecule has 1 unspecified atom stereocenters. The van der Waals surface area contributed by atoms with Crippen LogP contribution in [0.2, 0.25) is 0 Å². The molecule has 0 bridgehead atoms. The highest BCUT2D eigenvalue weighted by Crippen LogP contribution is 2.32. The molecule has 32 heavy (non-hydrogen) atoms. The predicted octanol–water partition coefficient (Wildman–Crippen LogP) is 6.36. The lowest BCUT2D eigenvalue weighted by atomic mass is 9.90. The van der Waals surface area contributed by atoms with Crippen molar-refractivity contribution in [2.45, 2.75) is 18.5 Å². The lowest BCUT2D eigenvalue weighted by molar-refractivity contribution is -0.137. The monoisotopic (exact) mass is 438 g/mol. The van der Waals surface area contributed by atoms with Crippen LogP contribution < -0.4 is 5.32 Å². The minimum absolute atomic E-state index is 0.00706. The molecule has 7 heteroatoms. The highest BCUT2D eigenvalue weighted by Gasteiger charge is 2.31. The average Bonchev–Trinajstić information content (AvgIpc) is 2.78. The third kappa shape index (κ3) is 4.61. The van der Waals surface area contributed by atoms with E-state index in [1.807, 2.05) is 6.07 Å². The van der Waals surface area contributed by atoms with Crippen LogP contribution in [0.15, 0.2) is 85.1 Å². The smallest absolute Gasteiger partial charge is 0.325 e. The van der Waals surface area contributed by atoms with Gasteiger partial charge in [-0.1, -0.05) is 36.4 Å². The van der Waals surface area contributed by atoms with Gasteiger partial charge in [0.05, 0.1) is 22.7 Å². The first-order chi connectivity index (χ1) is 15.3. The van der Waals surface area contributed by atoms with Gasteiger partial charge in [-0.05, 0) is 60.0 Å². The Morgan fingerprint density at radius 2 is 1.66 bits per heavy atom. The number of benzene rings is 3. The van der Waals surface area contributed by atoms with E-state index in [0.717, 1.165) is 17.5 Å². The zero-order valence-corrected chi connectivity index (χ0v) is 16.7. The average molecular weight is 438 g/mol. The third-order valence-electron chi connectivity index (χ3n) is 5.24. The molecule has 3 aromatic carbocycles. The van der Waals surface area contributed by atoms with E-state index in [9.17, 15) is 22.4 Å². The Labute approximate surface area is 181 Å². The van der Waals surface area contributed by atoms with Gasteiger partial charge >= 0.3 is 6.18 Å². The summed E-state index contributed by atoms with van der Waals surface area (Å²) in [6.45, 7) is 0. The van der Waals surface area contributed by atoms with Crippen molar-refractivity contribution in [2.24, 2.45) is 0 Å². The summed E-state index contributed by atoms with van der Waals surface area (Å²) in [5, 5.41) is 3.57. The second-order valence-electron chi connectivity index (χ2n) is 7.33. The number of rotatable bonds is 5. The summed E-state index contributed by atoms with van der Waals surface area (Å²) in [6.07, 6.45) is -2.86. The largest absolute Gasteiger partial charge is 0.416 e. The lowest BCUT2D eigenvalue weighted by Crippen LogP contribution is -2.23. The number of amides is 1. The number of alkyl halides is 3.